The molecule has 1 heterocycles. The Morgan fingerprint density at radius 3 is 2.78 bits per heavy atom. The molecule has 1 aromatic heterocycles. The van der Waals surface area contributed by atoms with Crippen molar-refractivity contribution in [3.05, 3.63) is 58.7 Å². The van der Waals surface area contributed by atoms with Gasteiger partial charge in [-0.1, -0.05) is 29.8 Å². The summed E-state index contributed by atoms with van der Waals surface area (Å²) in [4.78, 5) is 3.32. The number of hydrogen-bond acceptors (Lipinski definition) is 3. The zero-order valence-corrected chi connectivity index (χ0v) is 16.9. The number of para-hydroxylation sites is 1. The first-order valence-corrected chi connectivity index (χ1v) is 9.83. The Morgan fingerprint density at radius 1 is 1.19 bits per heavy atom. The minimum Gasteiger partial charge on any atom is -0.490 e. The van der Waals surface area contributed by atoms with E-state index in [0.717, 1.165) is 25.1 Å². The number of rotatable bonds is 9. The maximum atomic E-state index is 6.44. The third-order valence-corrected chi connectivity index (χ3v) is 4.58. The first-order valence-electron chi connectivity index (χ1n) is 9.46. The van der Waals surface area contributed by atoms with E-state index in [0.29, 0.717) is 23.1 Å². The average Bonchev–Trinajstić information content (AvgIpc) is 3.05. The van der Waals surface area contributed by atoms with Crippen molar-refractivity contribution in [2.45, 2.75) is 39.8 Å². The number of aromatic amines is 1. The molecular weight excluding hydrogens is 360 g/mol. The molecule has 2 N–H and O–H groups in total. The largest absolute Gasteiger partial charge is 0.490 e. The molecule has 0 aliphatic heterocycles. The van der Waals surface area contributed by atoms with Crippen molar-refractivity contribution in [1.29, 1.82) is 0 Å². The molecule has 0 atom stereocenters. The molecule has 0 fully saturated rings. The monoisotopic (exact) mass is 386 g/mol. The molecule has 0 radical (unpaired) electrons. The van der Waals surface area contributed by atoms with E-state index in [9.17, 15) is 0 Å². The average molecular weight is 387 g/mol. The molecular formula is C22H27ClN2O2. The van der Waals surface area contributed by atoms with Gasteiger partial charge in [-0.05, 0) is 63.1 Å². The lowest BCUT2D eigenvalue weighted by Gasteiger charge is -2.17. The van der Waals surface area contributed by atoms with E-state index in [2.05, 4.69) is 34.7 Å². The normalized spacial score (nSPS) is 11.3. The molecule has 2 aromatic carbocycles. The number of benzene rings is 2. The zero-order chi connectivity index (χ0) is 19.2. The second kappa shape index (κ2) is 9.16. The highest BCUT2D eigenvalue weighted by atomic mass is 35.5. The van der Waals surface area contributed by atoms with Gasteiger partial charge in [0.1, 0.15) is 0 Å². The molecule has 3 rings (SSSR count). The Bertz CT molecular complexity index is 889. The molecule has 27 heavy (non-hydrogen) atoms. The second-order valence-corrected chi connectivity index (χ2v) is 7.20. The van der Waals surface area contributed by atoms with Crippen LogP contribution in [0.25, 0.3) is 10.9 Å². The third-order valence-electron chi connectivity index (χ3n) is 4.30. The summed E-state index contributed by atoms with van der Waals surface area (Å²) in [5, 5.41) is 5.37. The fourth-order valence-electron chi connectivity index (χ4n) is 3.13. The van der Waals surface area contributed by atoms with E-state index in [4.69, 9.17) is 21.1 Å². The summed E-state index contributed by atoms with van der Waals surface area (Å²) in [5.41, 5.74) is 3.59. The summed E-state index contributed by atoms with van der Waals surface area (Å²) in [6, 6.07) is 12.3. The number of H-pyrrole nitrogens is 1. The van der Waals surface area contributed by atoms with E-state index in [1.54, 1.807) is 0 Å². The lowest BCUT2D eigenvalue weighted by Crippen LogP contribution is -2.17. The van der Waals surface area contributed by atoms with E-state index in [1.165, 1.54) is 16.5 Å². The minimum absolute atomic E-state index is 0.0434. The van der Waals surface area contributed by atoms with Crippen LogP contribution >= 0.6 is 11.6 Å². The van der Waals surface area contributed by atoms with Crippen molar-refractivity contribution < 1.29 is 9.47 Å². The number of halogens is 1. The summed E-state index contributed by atoms with van der Waals surface area (Å²) in [5.74, 6) is 1.32. The van der Waals surface area contributed by atoms with Gasteiger partial charge in [-0.25, -0.2) is 0 Å². The Kier molecular flexibility index (Phi) is 6.64. The van der Waals surface area contributed by atoms with Crippen molar-refractivity contribution in [1.82, 2.24) is 10.3 Å². The van der Waals surface area contributed by atoms with Gasteiger partial charge >= 0.3 is 0 Å². The van der Waals surface area contributed by atoms with Crippen molar-refractivity contribution in [2.24, 2.45) is 0 Å². The Balaban J connectivity index is 1.62. The smallest absolute Gasteiger partial charge is 0.180 e. The molecule has 0 saturated heterocycles. The highest BCUT2D eigenvalue weighted by Gasteiger charge is 2.14. The highest BCUT2D eigenvalue weighted by molar-refractivity contribution is 6.32. The summed E-state index contributed by atoms with van der Waals surface area (Å²) in [7, 11) is 0. The molecule has 3 aromatic rings. The van der Waals surface area contributed by atoms with Crippen LogP contribution in [0.2, 0.25) is 5.02 Å². The van der Waals surface area contributed by atoms with Crippen LogP contribution in [0.15, 0.2) is 42.6 Å². The van der Waals surface area contributed by atoms with Crippen molar-refractivity contribution in [3.63, 3.8) is 0 Å². The lowest BCUT2D eigenvalue weighted by atomic mass is 10.1. The predicted octanol–water partition coefficient (Wildman–Crippen LogP) is 5.34. The van der Waals surface area contributed by atoms with Crippen LogP contribution in [0.5, 0.6) is 11.5 Å². The number of ether oxygens (including phenoxy) is 2. The molecule has 4 nitrogen and oxygen atoms in total. The van der Waals surface area contributed by atoms with Crippen LogP contribution in [0.1, 0.15) is 31.9 Å². The topological polar surface area (TPSA) is 46.3 Å². The molecule has 0 aliphatic carbocycles. The molecule has 5 heteroatoms. The van der Waals surface area contributed by atoms with Crippen LogP contribution in [0.4, 0.5) is 0 Å². The molecule has 0 bridgehead atoms. The zero-order valence-electron chi connectivity index (χ0n) is 16.1. The third kappa shape index (κ3) is 4.96. The van der Waals surface area contributed by atoms with Crippen molar-refractivity contribution in [3.8, 4) is 11.5 Å². The summed E-state index contributed by atoms with van der Waals surface area (Å²) in [6.45, 7) is 8.09. The summed E-state index contributed by atoms with van der Waals surface area (Å²) in [6.07, 6.45) is 3.10. The maximum Gasteiger partial charge on any atom is 0.180 e. The number of fused-ring (bicyclic) bond motifs is 1. The first kappa shape index (κ1) is 19.6. The molecule has 0 amide bonds. The maximum absolute atomic E-state index is 6.44. The SMILES string of the molecule is CCOc1cc(CNCCc2c[nH]c3ccccc23)cc(Cl)c1OC(C)C. The van der Waals surface area contributed by atoms with Crippen molar-refractivity contribution in [2.75, 3.05) is 13.2 Å². The molecule has 144 valence electrons. The number of nitrogens with one attached hydrogen (secondary N) is 2. The molecule has 0 unspecified atom stereocenters. The Hall–Kier alpha value is -2.17. The van der Waals surface area contributed by atoms with Crippen molar-refractivity contribution >= 4 is 22.5 Å². The van der Waals surface area contributed by atoms with Crippen LogP contribution in [-0.4, -0.2) is 24.2 Å². The predicted molar refractivity (Wildman–Crippen MR) is 112 cm³/mol. The summed E-state index contributed by atoms with van der Waals surface area (Å²) < 4.78 is 11.5. The fourth-order valence-corrected chi connectivity index (χ4v) is 3.41. The number of hydrogen-bond donors (Lipinski definition) is 2. The van der Waals surface area contributed by atoms with E-state index in [1.807, 2.05) is 39.0 Å². The van der Waals surface area contributed by atoms with Gasteiger partial charge in [-0.3, -0.25) is 0 Å². The van der Waals surface area contributed by atoms with Gasteiger partial charge in [-0.15, -0.1) is 0 Å². The van der Waals surface area contributed by atoms with E-state index in [-0.39, 0.29) is 6.10 Å². The van der Waals surface area contributed by atoms with Gasteiger partial charge in [-0.2, -0.15) is 0 Å². The molecule has 0 aliphatic rings. The standard InChI is InChI=1S/C22H27ClN2O2/c1-4-26-21-12-16(11-19(23)22(21)27-15(2)3)13-24-10-9-17-14-25-20-8-6-5-7-18(17)20/h5-8,11-12,14-15,24-25H,4,9-10,13H2,1-3H3. The van der Waals surface area contributed by atoms with Gasteiger partial charge in [0.25, 0.3) is 0 Å². The quantitative estimate of drug-likeness (QED) is 0.488. The van der Waals surface area contributed by atoms with Gasteiger partial charge in [0.05, 0.1) is 17.7 Å². The number of aromatic nitrogens is 1. The summed E-state index contributed by atoms with van der Waals surface area (Å²) >= 11 is 6.44. The van der Waals surface area contributed by atoms with E-state index < -0.39 is 0 Å². The molecule has 0 spiro atoms. The second-order valence-electron chi connectivity index (χ2n) is 6.79. The minimum atomic E-state index is 0.0434. The molecule has 0 saturated carbocycles. The Morgan fingerprint density at radius 2 is 2.00 bits per heavy atom. The van der Waals surface area contributed by atoms with Gasteiger partial charge in [0.15, 0.2) is 11.5 Å². The highest BCUT2D eigenvalue weighted by Crippen LogP contribution is 2.37. The lowest BCUT2D eigenvalue weighted by molar-refractivity contribution is 0.224. The van der Waals surface area contributed by atoms with Crippen LogP contribution < -0.4 is 14.8 Å². The van der Waals surface area contributed by atoms with Gasteiger partial charge in [0, 0.05) is 23.6 Å². The first-order chi connectivity index (χ1) is 13.1. The van der Waals surface area contributed by atoms with Gasteiger partial charge < -0.3 is 19.8 Å². The fraction of sp³-hybridized carbons (Fsp3) is 0.364. The van der Waals surface area contributed by atoms with Gasteiger partial charge in [0.2, 0.25) is 0 Å². The van der Waals surface area contributed by atoms with Crippen LogP contribution in [0.3, 0.4) is 0 Å². The van der Waals surface area contributed by atoms with E-state index >= 15 is 0 Å². The Labute approximate surface area is 165 Å². The van der Waals surface area contributed by atoms with Crippen LogP contribution in [0, 0.1) is 0 Å². The van der Waals surface area contributed by atoms with Crippen LogP contribution in [-0.2, 0) is 13.0 Å².